The van der Waals surface area contributed by atoms with Gasteiger partial charge in [-0.3, -0.25) is 4.79 Å². The number of anilines is 1. The monoisotopic (exact) mass is 365 g/mol. The molecule has 128 valence electrons. The number of hydrogen-bond acceptors (Lipinski definition) is 5. The van der Waals surface area contributed by atoms with Crippen molar-refractivity contribution in [1.29, 1.82) is 0 Å². The summed E-state index contributed by atoms with van der Waals surface area (Å²) in [6.07, 6.45) is 2.96. The first-order valence-corrected chi connectivity index (χ1v) is 8.55. The molecule has 0 aliphatic carbocycles. The number of benzene rings is 2. The summed E-state index contributed by atoms with van der Waals surface area (Å²) in [7, 11) is 0. The summed E-state index contributed by atoms with van der Waals surface area (Å²) in [5.41, 5.74) is 1.08. The van der Waals surface area contributed by atoms with Crippen molar-refractivity contribution in [3.63, 3.8) is 0 Å². The van der Waals surface area contributed by atoms with Crippen molar-refractivity contribution < 1.29 is 13.6 Å². The van der Waals surface area contributed by atoms with Gasteiger partial charge in [-0.05, 0) is 48.5 Å². The molecule has 2 heterocycles. The molecule has 0 saturated carbocycles. The maximum Gasteiger partial charge on any atom is 0.280 e. The SMILES string of the molecule is O=C(c1ccc(F)cc1)N(/N=C\c1ccco1)c1nc2ccccc2s1. The molecule has 0 atom stereocenters. The molecule has 1 amide bonds. The Bertz CT molecular complexity index is 1040. The molecule has 0 N–H and O–H groups in total. The Balaban J connectivity index is 1.75. The highest BCUT2D eigenvalue weighted by Gasteiger charge is 2.21. The smallest absolute Gasteiger partial charge is 0.280 e. The van der Waals surface area contributed by atoms with E-state index >= 15 is 0 Å². The fourth-order valence-electron chi connectivity index (χ4n) is 2.33. The van der Waals surface area contributed by atoms with Gasteiger partial charge in [0.15, 0.2) is 0 Å². The number of fused-ring (bicyclic) bond motifs is 1. The minimum absolute atomic E-state index is 0.308. The van der Waals surface area contributed by atoms with E-state index in [9.17, 15) is 9.18 Å². The largest absolute Gasteiger partial charge is 0.463 e. The van der Waals surface area contributed by atoms with Crippen LogP contribution in [-0.2, 0) is 0 Å². The minimum atomic E-state index is -0.410. The van der Waals surface area contributed by atoms with E-state index in [1.54, 1.807) is 12.1 Å². The molecule has 4 rings (SSSR count). The second-order valence-corrected chi connectivity index (χ2v) is 6.36. The quantitative estimate of drug-likeness (QED) is 0.389. The van der Waals surface area contributed by atoms with Crippen LogP contribution >= 0.6 is 11.3 Å². The third-order valence-corrected chi connectivity index (χ3v) is 4.60. The zero-order chi connectivity index (χ0) is 17.9. The molecule has 2 aromatic carbocycles. The van der Waals surface area contributed by atoms with E-state index in [4.69, 9.17) is 4.42 Å². The van der Waals surface area contributed by atoms with Gasteiger partial charge in [-0.2, -0.15) is 10.1 Å². The first-order chi connectivity index (χ1) is 12.7. The standard InChI is InChI=1S/C19H12FN3O2S/c20-14-9-7-13(8-10-14)18(24)23(21-12-15-4-3-11-25-15)19-22-16-5-1-2-6-17(16)26-19/h1-12H/b21-12-. The van der Waals surface area contributed by atoms with Gasteiger partial charge in [0.05, 0.1) is 22.7 Å². The number of halogens is 1. The zero-order valence-corrected chi connectivity index (χ0v) is 14.2. The summed E-state index contributed by atoms with van der Waals surface area (Å²) in [6.45, 7) is 0. The Morgan fingerprint density at radius 1 is 1.12 bits per heavy atom. The van der Waals surface area contributed by atoms with Crippen LogP contribution in [0.3, 0.4) is 0 Å². The van der Waals surface area contributed by atoms with Crippen molar-refractivity contribution >= 4 is 38.8 Å². The van der Waals surface area contributed by atoms with Gasteiger partial charge >= 0.3 is 0 Å². The van der Waals surface area contributed by atoms with Gasteiger partial charge in [-0.25, -0.2) is 9.37 Å². The summed E-state index contributed by atoms with van der Waals surface area (Å²) in [5, 5.41) is 5.86. The zero-order valence-electron chi connectivity index (χ0n) is 13.4. The van der Waals surface area contributed by atoms with Crippen LogP contribution in [0.1, 0.15) is 16.1 Å². The molecule has 5 nitrogen and oxygen atoms in total. The fourth-order valence-corrected chi connectivity index (χ4v) is 3.26. The average Bonchev–Trinajstić information content (AvgIpc) is 3.31. The van der Waals surface area contributed by atoms with E-state index in [0.717, 1.165) is 10.2 Å². The lowest BCUT2D eigenvalue weighted by atomic mass is 10.2. The van der Waals surface area contributed by atoms with Crippen molar-refractivity contribution in [3.05, 3.63) is 84.1 Å². The van der Waals surface area contributed by atoms with Gasteiger partial charge in [0.1, 0.15) is 11.6 Å². The summed E-state index contributed by atoms with van der Waals surface area (Å²) >= 11 is 1.34. The second-order valence-electron chi connectivity index (χ2n) is 5.35. The highest BCUT2D eigenvalue weighted by atomic mass is 32.1. The van der Waals surface area contributed by atoms with E-state index in [0.29, 0.717) is 16.5 Å². The van der Waals surface area contributed by atoms with Crippen molar-refractivity contribution in [2.45, 2.75) is 0 Å². The summed E-state index contributed by atoms with van der Waals surface area (Å²) in [4.78, 5) is 17.4. The van der Waals surface area contributed by atoms with E-state index in [1.165, 1.54) is 53.1 Å². The molecule has 0 saturated heterocycles. The molecule has 0 radical (unpaired) electrons. The number of para-hydroxylation sites is 1. The topological polar surface area (TPSA) is 58.7 Å². The van der Waals surface area contributed by atoms with Crippen LogP contribution in [0.5, 0.6) is 0 Å². The van der Waals surface area contributed by atoms with Crippen LogP contribution < -0.4 is 5.01 Å². The highest BCUT2D eigenvalue weighted by molar-refractivity contribution is 7.22. The molecular weight excluding hydrogens is 353 g/mol. The number of rotatable bonds is 4. The van der Waals surface area contributed by atoms with E-state index in [-0.39, 0.29) is 0 Å². The van der Waals surface area contributed by atoms with Gasteiger partial charge in [0.25, 0.3) is 5.91 Å². The number of carbonyl (C=O) groups excluding carboxylic acids is 1. The number of hydrazone groups is 1. The number of hydrogen-bond donors (Lipinski definition) is 0. The molecule has 0 fully saturated rings. The molecular formula is C19H12FN3O2S. The Morgan fingerprint density at radius 2 is 1.92 bits per heavy atom. The summed E-state index contributed by atoms with van der Waals surface area (Å²) in [5.74, 6) is -0.318. The number of furan rings is 1. The summed E-state index contributed by atoms with van der Waals surface area (Å²) in [6, 6.07) is 16.3. The van der Waals surface area contributed by atoms with Gasteiger partial charge in [0.2, 0.25) is 5.13 Å². The first kappa shape index (κ1) is 16.2. The van der Waals surface area contributed by atoms with Crippen molar-refractivity contribution in [2.75, 3.05) is 5.01 Å². The molecule has 26 heavy (non-hydrogen) atoms. The predicted molar refractivity (Wildman–Crippen MR) is 99.1 cm³/mol. The summed E-state index contributed by atoms with van der Waals surface area (Å²) < 4.78 is 19.3. The van der Waals surface area contributed by atoms with Gasteiger partial charge in [-0.1, -0.05) is 23.5 Å². The van der Waals surface area contributed by atoms with Crippen molar-refractivity contribution in [2.24, 2.45) is 5.10 Å². The number of carbonyl (C=O) groups is 1. The number of thiazole rings is 1. The minimum Gasteiger partial charge on any atom is -0.463 e. The van der Waals surface area contributed by atoms with Crippen molar-refractivity contribution in [3.8, 4) is 0 Å². The Labute approximate surface area is 152 Å². The lowest BCUT2D eigenvalue weighted by Gasteiger charge is -2.13. The molecule has 4 aromatic rings. The average molecular weight is 365 g/mol. The van der Waals surface area contributed by atoms with Gasteiger partial charge in [-0.15, -0.1) is 0 Å². The van der Waals surface area contributed by atoms with Crippen LogP contribution in [0.4, 0.5) is 9.52 Å². The Morgan fingerprint density at radius 3 is 2.65 bits per heavy atom. The molecule has 0 spiro atoms. The number of aromatic nitrogens is 1. The normalized spacial score (nSPS) is 11.3. The predicted octanol–water partition coefficient (Wildman–Crippen LogP) is 4.71. The second kappa shape index (κ2) is 6.89. The third kappa shape index (κ3) is 3.25. The lowest BCUT2D eigenvalue weighted by molar-refractivity contribution is 0.0988. The highest BCUT2D eigenvalue weighted by Crippen LogP contribution is 2.29. The molecule has 0 aliphatic rings. The third-order valence-electron chi connectivity index (χ3n) is 3.59. The maximum atomic E-state index is 13.2. The number of amides is 1. The maximum absolute atomic E-state index is 13.2. The Kier molecular flexibility index (Phi) is 4.28. The van der Waals surface area contributed by atoms with E-state index in [1.807, 2.05) is 24.3 Å². The molecule has 2 aromatic heterocycles. The van der Waals surface area contributed by atoms with Crippen LogP contribution in [0.25, 0.3) is 10.2 Å². The van der Waals surface area contributed by atoms with Gasteiger partial charge in [0, 0.05) is 5.56 Å². The molecule has 0 aliphatic heterocycles. The van der Waals surface area contributed by atoms with Crippen LogP contribution in [0, 0.1) is 5.82 Å². The van der Waals surface area contributed by atoms with Crippen LogP contribution in [-0.4, -0.2) is 17.1 Å². The lowest BCUT2D eigenvalue weighted by Crippen LogP contribution is -2.25. The molecule has 0 unspecified atom stereocenters. The number of nitrogens with zero attached hydrogens (tertiary/aromatic N) is 3. The first-order valence-electron chi connectivity index (χ1n) is 7.74. The van der Waals surface area contributed by atoms with Crippen LogP contribution in [0.2, 0.25) is 0 Å². The molecule has 7 heteroatoms. The molecule has 0 bridgehead atoms. The Hall–Kier alpha value is -3.32. The fraction of sp³-hybridized carbons (Fsp3) is 0. The van der Waals surface area contributed by atoms with Crippen molar-refractivity contribution in [1.82, 2.24) is 4.98 Å². The van der Waals surface area contributed by atoms with E-state index in [2.05, 4.69) is 10.1 Å². The van der Waals surface area contributed by atoms with Gasteiger partial charge < -0.3 is 4.42 Å². The van der Waals surface area contributed by atoms with E-state index < -0.39 is 11.7 Å². The van der Waals surface area contributed by atoms with Crippen LogP contribution in [0.15, 0.2) is 76.4 Å².